The Balaban J connectivity index is 0.00000149. The van der Waals surface area contributed by atoms with Crippen LogP contribution in [-0.2, 0) is 57.8 Å². The molecule has 7 aromatic rings. The number of rotatable bonds is 4. The average Bonchev–Trinajstić information content (AvgIpc) is 3.89. The minimum Gasteiger partial charge on any atom is 1.00 e. The average molecular weight is 1020 g/mol. The van der Waals surface area contributed by atoms with Crippen molar-refractivity contribution >= 4 is 94.3 Å². The number of benzene rings is 4. The summed E-state index contributed by atoms with van der Waals surface area (Å²) in [6.45, 7) is 0. The second-order valence-corrected chi connectivity index (χ2v) is 17.4. The molecule has 0 amide bonds. The molecule has 20 nitrogen and oxygen atoms in total. The molecule has 28 heteroatoms. The zero-order chi connectivity index (χ0) is 41.7. The standard InChI is InChI=1S/C32H18N8O12S4.ClH.2Na.Rh/c41-53(42,43)21-19-20(22(54(44,45)46)24(56(50,51)52)23(21)55(47,48)49)32-39-30-18-12-6-4-10-16(18)28(37-30)35-26-14-8-2-1-7-13(14)25(33-26)34-27-15-9-3-5-11-17(15)29(36-27)38-31(19)40-32;;;;/h1-12H,(H,41,42,43)(H,44,45,46)(H,47,48,49)(H,50,51,52)(H2,33,34,35,36,37,38,39,40);1H;;;/q;;2*+1;+3/p-5. The molecule has 60 heavy (non-hydrogen) atoms. The number of nitrogens with one attached hydrogen (secondary N) is 2. The van der Waals surface area contributed by atoms with Crippen molar-refractivity contribution in [3.8, 4) is 45.6 Å². The van der Waals surface area contributed by atoms with E-state index < -0.39 is 82.1 Å². The molecule has 2 N–H and O–H groups in total. The quantitative estimate of drug-likeness (QED) is 0.133. The van der Waals surface area contributed by atoms with Crippen molar-refractivity contribution < 1.29 is 128 Å². The summed E-state index contributed by atoms with van der Waals surface area (Å²) in [5, 5.41) is -1.56. The summed E-state index contributed by atoms with van der Waals surface area (Å²) >= 11 is 2.02. The first-order valence-electron chi connectivity index (χ1n) is 15.6. The fraction of sp³-hybridized carbons (Fsp3) is 0. The van der Waals surface area contributed by atoms with Crippen LogP contribution in [0.15, 0.2) is 92.4 Å². The summed E-state index contributed by atoms with van der Waals surface area (Å²) in [4.78, 5) is 23.0. The number of aromatic nitrogens is 8. The molecule has 0 saturated heterocycles. The van der Waals surface area contributed by atoms with E-state index in [1.165, 1.54) is 12.1 Å². The van der Waals surface area contributed by atoms with E-state index in [1.54, 1.807) is 60.7 Å². The first-order valence-corrected chi connectivity index (χ1v) is 23.4. The Morgan fingerprint density at radius 1 is 0.400 bits per heavy atom. The molecular weight excluding hydrogens is 1000 g/mol. The molecule has 0 fully saturated rings. The third-order valence-electron chi connectivity index (χ3n) is 8.82. The summed E-state index contributed by atoms with van der Waals surface area (Å²) in [6, 6.07) is 19.6. The van der Waals surface area contributed by atoms with Crippen molar-refractivity contribution in [3.05, 3.63) is 72.8 Å². The van der Waals surface area contributed by atoms with E-state index in [0.717, 1.165) is 0 Å². The molecule has 9 rings (SSSR count). The van der Waals surface area contributed by atoms with Crippen molar-refractivity contribution in [2.24, 2.45) is 0 Å². The Morgan fingerprint density at radius 3 is 0.933 bits per heavy atom. The van der Waals surface area contributed by atoms with E-state index in [4.69, 9.17) is 9.97 Å². The number of halogens is 1. The zero-order valence-electron chi connectivity index (χ0n) is 29.9. The van der Waals surface area contributed by atoms with Gasteiger partial charge in [-0.25, -0.2) is 63.6 Å². The molecule has 2 aliphatic rings. The Bertz CT molecular complexity index is 3400. The van der Waals surface area contributed by atoms with Crippen LogP contribution in [0.3, 0.4) is 0 Å². The van der Waals surface area contributed by atoms with E-state index in [1.807, 2.05) is 17.3 Å². The Hall–Kier alpha value is -3.21. The SMILES string of the molecule is O=S(=O)([O-])c1c(S(=O)(=O)[O-])c(S(=O)(=O)[O-])c2c3nc4nc(nc5[nH]c(nc6nc(nc([nH]3)c2c1S(=O)(=O)[O-])-c1ccccc1-6)c1ccccc51)-c1ccccc1-4.[Cl][Rh+2].[Na+].[Na+]. The summed E-state index contributed by atoms with van der Waals surface area (Å²) < 4.78 is 154. The third kappa shape index (κ3) is 7.89. The molecule has 3 aromatic heterocycles. The summed E-state index contributed by atoms with van der Waals surface area (Å²) in [7, 11) is -21.5. The van der Waals surface area contributed by atoms with Gasteiger partial charge in [0, 0.05) is 43.8 Å². The first kappa shape index (κ1) is 46.3. The predicted octanol–water partition coefficient (Wildman–Crippen LogP) is -2.82. The number of hydrogen-bond acceptors (Lipinski definition) is 18. The van der Waals surface area contributed by atoms with Gasteiger partial charge in [0.05, 0.1) is 19.6 Å². The summed E-state index contributed by atoms with van der Waals surface area (Å²) in [5.41, 5.74) is -0.283. The number of hydrogen-bond donors (Lipinski definition) is 2. The summed E-state index contributed by atoms with van der Waals surface area (Å²) in [5.74, 6) is -0.637. The molecule has 296 valence electrons. The number of nitrogens with zero attached hydrogens (tertiary/aromatic N) is 6. The Labute approximate surface area is 396 Å². The van der Waals surface area contributed by atoms with Crippen LogP contribution in [0.5, 0.6) is 0 Å². The molecule has 0 atom stereocenters. The smallest absolute Gasteiger partial charge is 1.00 e. The van der Waals surface area contributed by atoms with Gasteiger partial charge in [-0.3, -0.25) is 0 Å². The zero-order valence-corrected chi connectivity index (χ0v) is 39.5. The molecule has 5 heterocycles. The number of aromatic amines is 2. The normalized spacial score (nSPS) is 12.4. The van der Waals surface area contributed by atoms with E-state index in [2.05, 4.69) is 39.6 Å². The Morgan fingerprint density at radius 2 is 0.650 bits per heavy atom. The maximum Gasteiger partial charge on any atom is 1.00 e. The molecule has 0 aliphatic carbocycles. The van der Waals surface area contributed by atoms with Crippen LogP contribution in [0.25, 0.3) is 89.7 Å². The van der Waals surface area contributed by atoms with Crippen LogP contribution in [0.4, 0.5) is 0 Å². The second-order valence-electron chi connectivity index (χ2n) is 12.1. The molecule has 2 aliphatic heterocycles. The van der Waals surface area contributed by atoms with Gasteiger partial charge < -0.3 is 28.2 Å². The van der Waals surface area contributed by atoms with Gasteiger partial charge in [0.25, 0.3) is 0 Å². The van der Waals surface area contributed by atoms with E-state index in [-0.39, 0.29) is 105 Å². The van der Waals surface area contributed by atoms with Crippen molar-refractivity contribution in [2.75, 3.05) is 0 Å². The maximum absolute atomic E-state index is 13.0. The molecule has 0 saturated carbocycles. The summed E-state index contributed by atoms with van der Waals surface area (Å²) in [6.07, 6.45) is 0. The van der Waals surface area contributed by atoms with Gasteiger partial charge in [0.15, 0.2) is 23.3 Å². The topological polar surface area (TPSA) is 338 Å². The van der Waals surface area contributed by atoms with Gasteiger partial charge in [0.2, 0.25) is 0 Å². The number of fused-ring (bicyclic) bond motifs is 20. The van der Waals surface area contributed by atoms with Crippen molar-refractivity contribution in [2.45, 2.75) is 19.6 Å². The first-order chi connectivity index (χ1) is 27.3. The minimum absolute atomic E-state index is 0. The van der Waals surface area contributed by atoms with E-state index >= 15 is 0 Å². The maximum atomic E-state index is 13.0. The van der Waals surface area contributed by atoms with E-state index in [0.29, 0.717) is 21.9 Å². The molecular formula is C32H14ClN8Na2O12RhS4. The van der Waals surface area contributed by atoms with Gasteiger partial charge in [0.1, 0.15) is 63.1 Å². The molecule has 0 spiro atoms. The van der Waals surface area contributed by atoms with Gasteiger partial charge in [-0.15, -0.1) is 0 Å². The third-order valence-corrected chi connectivity index (χ3v) is 12.8. The molecule has 4 aromatic carbocycles. The number of H-pyrrole nitrogens is 2. The molecule has 8 bridgehead atoms. The van der Waals surface area contributed by atoms with Crippen LogP contribution >= 0.6 is 9.69 Å². The van der Waals surface area contributed by atoms with Crippen molar-refractivity contribution in [1.29, 1.82) is 0 Å². The Kier molecular flexibility index (Phi) is 12.7. The van der Waals surface area contributed by atoms with Crippen LogP contribution in [0.1, 0.15) is 0 Å². The van der Waals surface area contributed by atoms with Gasteiger partial charge in [-0.2, -0.15) is 0 Å². The monoisotopic (exact) mass is 1010 g/mol. The van der Waals surface area contributed by atoms with E-state index in [9.17, 15) is 51.9 Å². The fourth-order valence-electron chi connectivity index (χ4n) is 6.72. The largest absolute Gasteiger partial charge is 1.00 e. The molecule has 0 radical (unpaired) electrons. The van der Waals surface area contributed by atoms with Crippen molar-refractivity contribution in [1.82, 2.24) is 39.9 Å². The molecule has 0 unspecified atom stereocenters. The van der Waals surface area contributed by atoms with Crippen LogP contribution in [-0.4, -0.2) is 91.8 Å². The predicted molar refractivity (Wildman–Crippen MR) is 194 cm³/mol. The van der Waals surface area contributed by atoms with Gasteiger partial charge >= 0.3 is 86.1 Å². The van der Waals surface area contributed by atoms with Crippen LogP contribution < -0.4 is 59.1 Å². The fourth-order valence-corrected chi connectivity index (χ4v) is 11.6. The van der Waals surface area contributed by atoms with Crippen LogP contribution in [0.2, 0.25) is 0 Å². The van der Waals surface area contributed by atoms with Crippen LogP contribution in [0, 0.1) is 0 Å². The van der Waals surface area contributed by atoms with Crippen molar-refractivity contribution in [3.63, 3.8) is 0 Å². The minimum atomic E-state index is -6.60. The second kappa shape index (κ2) is 16.5. The van der Waals surface area contributed by atoms with Gasteiger partial charge in [-0.05, 0) is 0 Å². The van der Waals surface area contributed by atoms with Gasteiger partial charge in [-0.1, -0.05) is 72.8 Å².